The van der Waals surface area contributed by atoms with E-state index in [0.29, 0.717) is 11.3 Å². The van der Waals surface area contributed by atoms with E-state index in [1.807, 2.05) is 36.4 Å². The van der Waals surface area contributed by atoms with Crippen LogP contribution in [0.4, 0.5) is 5.69 Å². The Kier molecular flexibility index (Phi) is 3.55. The summed E-state index contributed by atoms with van der Waals surface area (Å²) in [5.41, 5.74) is 7.60. The molecule has 0 bridgehead atoms. The maximum absolute atomic E-state index is 11.2. The average Bonchev–Trinajstić information content (AvgIpc) is 2.66. The van der Waals surface area contributed by atoms with Crippen LogP contribution in [-0.2, 0) is 0 Å². The Morgan fingerprint density at radius 1 is 1.12 bits per heavy atom. The van der Waals surface area contributed by atoms with Crippen LogP contribution in [0, 0.1) is 21.4 Å². The topological polar surface area (TPSA) is 102 Å². The zero-order valence-electron chi connectivity index (χ0n) is 13.5. The van der Waals surface area contributed by atoms with Crippen LogP contribution in [0.25, 0.3) is 10.8 Å². The van der Waals surface area contributed by atoms with Crippen molar-refractivity contribution in [2.75, 3.05) is 0 Å². The normalized spacial score (nSPS) is 15.9. The third-order valence-electron chi connectivity index (χ3n) is 4.53. The maximum Gasteiger partial charge on any atom is 0.269 e. The van der Waals surface area contributed by atoms with E-state index in [9.17, 15) is 15.4 Å². The van der Waals surface area contributed by atoms with Crippen molar-refractivity contribution in [3.8, 4) is 11.8 Å². The Balaban J connectivity index is 2.04. The highest BCUT2D eigenvalue weighted by Crippen LogP contribution is 2.45. The molecule has 1 heterocycles. The molecule has 0 spiro atoms. The number of rotatable bonds is 2. The summed E-state index contributed by atoms with van der Waals surface area (Å²) >= 11 is 0. The van der Waals surface area contributed by atoms with Gasteiger partial charge in [-0.2, -0.15) is 5.26 Å². The lowest BCUT2D eigenvalue weighted by Crippen LogP contribution is -2.21. The number of hydrogen-bond acceptors (Lipinski definition) is 5. The SMILES string of the molecule is N#CC1=C(N)Oc2ccc3ccccc3c2[C@H]1c1cccc([N+](=O)[O-])c1. The van der Waals surface area contributed by atoms with Crippen LogP contribution in [0.15, 0.2) is 72.1 Å². The van der Waals surface area contributed by atoms with Crippen LogP contribution >= 0.6 is 0 Å². The Morgan fingerprint density at radius 2 is 1.92 bits per heavy atom. The van der Waals surface area contributed by atoms with Gasteiger partial charge in [0.05, 0.1) is 10.8 Å². The molecular weight excluding hydrogens is 330 g/mol. The molecule has 3 aromatic rings. The van der Waals surface area contributed by atoms with Crippen LogP contribution in [0.2, 0.25) is 0 Å². The predicted octanol–water partition coefficient (Wildman–Crippen LogP) is 3.97. The highest BCUT2D eigenvalue weighted by atomic mass is 16.6. The Morgan fingerprint density at radius 3 is 2.69 bits per heavy atom. The third kappa shape index (κ3) is 2.34. The van der Waals surface area contributed by atoms with E-state index in [2.05, 4.69) is 6.07 Å². The number of nitro groups is 1. The van der Waals surface area contributed by atoms with Crippen LogP contribution in [0.3, 0.4) is 0 Å². The minimum Gasteiger partial charge on any atom is -0.440 e. The summed E-state index contributed by atoms with van der Waals surface area (Å²) in [5, 5.41) is 22.8. The molecule has 2 N–H and O–H groups in total. The lowest BCUT2D eigenvalue weighted by Gasteiger charge is -2.27. The number of allylic oxidation sites excluding steroid dienone is 1. The van der Waals surface area contributed by atoms with Crippen molar-refractivity contribution in [1.82, 2.24) is 0 Å². The number of ether oxygens (including phenoxy) is 1. The number of fused-ring (bicyclic) bond motifs is 3. The van der Waals surface area contributed by atoms with Crippen LogP contribution in [0.5, 0.6) is 5.75 Å². The first-order valence-corrected chi connectivity index (χ1v) is 7.93. The van der Waals surface area contributed by atoms with Crippen molar-refractivity contribution in [2.24, 2.45) is 5.73 Å². The molecule has 1 aliphatic rings. The summed E-state index contributed by atoms with van der Waals surface area (Å²) in [6, 6.07) is 19.9. The number of nitrogens with two attached hydrogens (primary N) is 1. The van der Waals surface area contributed by atoms with Crippen LogP contribution in [0.1, 0.15) is 17.0 Å². The van der Waals surface area contributed by atoms with Crippen LogP contribution in [-0.4, -0.2) is 4.92 Å². The van der Waals surface area contributed by atoms with Gasteiger partial charge < -0.3 is 10.5 Å². The number of non-ortho nitro benzene ring substituents is 1. The second kappa shape index (κ2) is 5.90. The molecule has 0 aromatic heterocycles. The summed E-state index contributed by atoms with van der Waals surface area (Å²) in [5.74, 6) is 0.0400. The second-order valence-corrected chi connectivity index (χ2v) is 5.98. The van der Waals surface area contributed by atoms with E-state index in [-0.39, 0.29) is 17.1 Å². The first-order chi connectivity index (χ1) is 12.6. The minimum atomic E-state index is -0.533. The molecule has 4 rings (SSSR count). The molecule has 26 heavy (non-hydrogen) atoms. The minimum absolute atomic E-state index is 0.0202. The smallest absolute Gasteiger partial charge is 0.269 e. The Labute approximate surface area is 148 Å². The highest BCUT2D eigenvalue weighted by molar-refractivity contribution is 5.90. The van der Waals surface area contributed by atoms with Gasteiger partial charge in [-0.15, -0.1) is 0 Å². The molecule has 0 aliphatic carbocycles. The van der Waals surface area contributed by atoms with E-state index in [1.54, 1.807) is 12.1 Å². The first kappa shape index (κ1) is 15.7. The molecule has 0 fully saturated rings. The fourth-order valence-electron chi connectivity index (χ4n) is 3.39. The fraction of sp³-hybridized carbons (Fsp3) is 0.0500. The molecule has 126 valence electrons. The van der Waals surface area contributed by atoms with Gasteiger partial charge in [0.25, 0.3) is 5.69 Å². The number of nitro benzene ring substituents is 1. The van der Waals surface area contributed by atoms with Crippen molar-refractivity contribution in [1.29, 1.82) is 5.26 Å². The molecule has 1 aliphatic heterocycles. The molecule has 0 amide bonds. The summed E-state index contributed by atoms with van der Waals surface area (Å²) in [6.07, 6.45) is 0. The van der Waals surface area contributed by atoms with Crippen molar-refractivity contribution >= 4 is 16.5 Å². The van der Waals surface area contributed by atoms with Crippen molar-refractivity contribution in [2.45, 2.75) is 5.92 Å². The van der Waals surface area contributed by atoms with Gasteiger partial charge in [0.15, 0.2) is 0 Å². The summed E-state index contributed by atoms with van der Waals surface area (Å²) in [7, 11) is 0. The lowest BCUT2D eigenvalue weighted by atomic mass is 9.81. The van der Waals surface area contributed by atoms with Gasteiger partial charge in [-0.25, -0.2) is 0 Å². The largest absolute Gasteiger partial charge is 0.440 e. The van der Waals surface area contributed by atoms with Crippen LogP contribution < -0.4 is 10.5 Å². The maximum atomic E-state index is 11.2. The fourth-order valence-corrected chi connectivity index (χ4v) is 3.39. The molecule has 6 nitrogen and oxygen atoms in total. The Bertz CT molecular complexity index is 1130. The number of nitrogens with zero attached hydrogens (tertiary/aromatic N) is 2. The second-order valence-electron chi connectivity index (χ2n) is 5.98. The van der Waals surface area contributed by atoms with E-state index in [0.717, 1.165) is 16.3 Å². The number of benzene rings is 3. The zero-order chi connectivity index (χ0) is 18.3. The molecule has 6 heteroatoms. The quantitative estimate of drug-likeness (QED) is 0.560. The summed E-state index contributed by atoms with van der Waals surface area (Å²) < 4.78 is 5.67. The van der Waals surface area contributed by atoms with E-state index < -0.39 is 10.8 Å². The van der Waals surface area contributed by atoms with E-state index in [1.165, 1.54) is 12.1 Å². The van der Waals surface area contributed by atoms with Crippen molar-refractivity contribution in [3.05, 3.63) is 93.4 Å². The van der Waals surface area contributed by atoms with Crippen molar-refractivity contribution in [3.63, 3.8) is 0 Å². The van der Waals surface area contributed by atoms with Gasteiger partial charge >= 0.3 is 0 Å². The Hall–Kier alpha value is -3.85. The third-order valence-corrected chi connectivity index (χ3v) is 4.53. The molecule has 0 saturated carbocycles. The monoisotopic (exact) mass is 343 g/mol. The van der Waals surface area contributed by atoms with Crippen molar-refractivity contribution < 1.29 is 9.66 Å². The van der Waals surface area contributed by atoms with Gasteiger partial charge in [0, 0.05) is 17.7 Å². The molecule has 0 unspecified atom stereocenters. The van der Waals surface area contributed by atoms with Gasteiger partial charge in [0.1, 0.15) is 17.4 Å². The first-order valence-electron chi connectivity index (χ1n) is 7.93. The summed E-state index contributed by atoms with van der Waals surface area (Å²) in [6.45, 7) is 0. The van der Waals surface area contributed by atoms with E-state index >= 15 is 0 Å². The van der Waals surface area contributed by atoms with Gasteiger partial charge in [-0.1, -0.05) is 42.5 Å². The molecule has 0 radical (unpaired) electrons. The predicted molar refractivity (Wildman–Crippen MR) is 96.3 cm³/mol. The lowest BCUT2D eigenvalue weighted by molar-refractivity contribution is -0.384. The van der Waals surface area contributed by atoms with Gasteiger partial charge in [-0.3, -0.25) is 10.1 Å². The van der Waals surface area contributed by atoms with Gasteiger partial charge in [0.2, 0.25) is 5.88 Å². The molecule has 0 saturated heterocycles. The van der Waals surface area contributed by atoms with E-state index in [4.69, 9.17) is 10.5 Å². The highest BCUT2D eigenvalue weighted by Gasteiger charge is 2.32. The molecular formula is C20H13N3O3. The number of hydrogen-bond donors (Lipinski definition) is 1. The average molecular weight is 343 g/mol. The summed E-state index contributed by atoms with van der Waals surface area (Å²) in [4.78, 5) is 10.7. The van der Waals surface area contributed by atoms with Gasteiger partial charge in [-0.05, 0) is 22.4 Å². The molecule has 3 aromatic carbocycles. The number of nitriles is 1. The standard InChI is InChI=1S/C20H13N3O3/c21-11-16-18(13-5-3-6-14(10-13)23(24)25)19-15-7-2-1-4-12(15)8-9-17(19)26-20(16)22/h1-10,18H,22H2/t18-/m0/s1. The molecule has 1 atom stereocenters. The zero-order valence-corrected chi connectivity index (χ0v) is 13.5.